The first-order valence-corrected chi connectivity index (χ1v) is 7.48. The summed E-state index contributed by atoms with van der Waals surface area (Å²) in [6, 6.07) is 0. The maximum Gasteiger partial charge on any atom is 0.289 e. The number of unbranched alkanes of at least 4 members (excludes halogenated alkanes) is 3. The van der Waals surface area contributed by atoms with Gasteiger partial charge in [0.1, 0.15) is 0 Å². The van der Waals surface area contributed by atoms with E-state index in [-0.39, 0.29) is 18.3 Å². The third kappa shape index (κ3) is 9.25. The lowest BCUT2D eigenvalue weighted by atomic mass is 10.1. The van der Waals surface area contributed by atoms with Gasteiger partial charge in [-0.2, -0.15) is 0 Å². The topological polar surface area (TPSA) is 55.1 Å². The lowest BCUT2D eigenvalue weighted by Crippen LogP contribution is -3.00. The van der Waals surface area contributed by atoms with Crippen LogP contribution in [0.2, 0.25) is 0 Å². The molecule has 0 fully saturated rings. The number of hydrogen-bond donors (Lipinski definition) is 2. The number of quaternary nitrogens is 1. The third-order valence-electron chi connectivity index (χ3n) is 3.60. The van der Waals surface area contributed by atoms with Gasteiger partial charge in [-0.3, -0.25) is 10.2 Å². The van der Waals surface area contributed by atoms with Gasteiger partial charge in [0, 0.05) is 0 Å². The minimum Gasteiger partial charge on any atom is -1.00 e. The Hall–Kier alpha value is -0.320. The quantitative estimate of drug-likeness (QED) is 0.227. The molecule has 0 rings (SSSR count). The van der Waals surface area contributed by atoms with Gasteiger partial charge in [-0.05, 0) is 19.3 Å². The van der Waals surface area contributed by atoms with Crippen molar-refractivity contribution in [2.24, 2.45) is 5.84 Å². The number of amides is 1. The fourth-order valence-corrected chi connectivity index (χ4v) is 2.40. The van der Waals surface area contributed by atoms with Gasteiger partial charge in [0.25, 0.3) is 5.91 Å². The van der Waals surface area contributed by atoms with Crippen LogP contribution in [0, 0.1) is 0 Å². The Morgan fingerprint density at radius 3 is 1.58 bits per heavy atom. The summed E-state index contributed by atoms with van der Waals surface area (Å²) in [5.41, 5.74) is 2.29. The highest BCUT2D eigenvalue weighted by atomic mass is 35.5. The van der Waals surface area contributed by atoms with Crippen molar-refractivity contribution in [3.8, 4) is 0 Å². The molecule has 3 N–H and O–H groups in total. The van der Waals surface area contributed by atoms with Crippen LogP contribution in [0.1, 0.15) is 59.3 Å². The second-order valence-electron chi connectivity index (χ2n) is 5.30. The Kier molecular flexibility index (Phi) is 14.0. The van der Waals surface area contributed by atoms with E-state index in [9.17, 15) is 4.79 Å². The molecule has 0 saturated carbocycles. The summed E-state index contributed by atoms with van der Waals surface area (Å²) in [7, 11) is 0. The molecule has 0 atom stereocenters. The predicted molar refractivity (Wildman–Crippen MR) is 76.8 cm³/mol. The van der Waals surface area contributed by atoms with Crippen LogP contribution < -0.4 is 23.7 Å². The Morgan fingerprint density at radius 2 is 1.32 bits per heavy atom. The minimum absolute atomic E-state index is 0. The summed E-state index contributed by atoms with van der Waals surface area (Å²) >= 11 is 0. The molecule has 4 nitrogen and oxygen atoms in total. The van der Waals surface area contributed by atoms with Crippen LogP contribution in [0.5, 0.6) is 0 Å². The third-order valence-corrected chi connectivity index (χ3v) is 3.60. The number of nitrogens with zero attached hydrogens (tertiary/aromatic N) is 1. The van der Waals surface area contributed by atoms with E-state index in [1.807, 2.05) is 0 Å². The van der Waals surface area contributed by atoms with E-state index >= 15 is 0 Å². The SMILES string of the molecule is CCCC[N+](CCCC)(CCCC)CC(=O)NN.[Cl-]. The van der Waals surface area contributed by atoms with Crippen molar-refractivity contribution < 1.29 is 21.7 Å². The molecule has 0 aromatic rings. The van der Waals surface area contributed by atoms with E-state index in [0.717, 1.165) is 24.1 Å². The highest BCUT2D eigenvalue weighted by Crippen LogP contribution is 2.14. The molecule has 5 heteroatoms. The van der Waals surface area contributed by atoms with Gasteiger partial charge >= 0.3 is 0 Å². The van der Waals surface area contributed by atoms with E-state index < -0.39 is 0 Å². The molecule has 0 aromatic carbocycles. The summed E-state index contributed by atoms with van der Waals surface area (Å²) in [4.78, 5) is 11.7. The first kappa shape index (κ1) is 21.0. The maximum absolute atomic E-state index is 11.7. The Balaban J connectivity index is 0. The number of rotatable bonds is 11. The fraction of sp³-hybridized carbons (Fsp3) is 0.929. The monoisotopic (exact) mass is 293 g/mol. The molecule has 0 saturated heterocycles. The van der Waals surface area contributed by atoms with E-state index in [0.29, 0.717) is 6.54 Å². The first-order chi connectivity index (χ1) is 8.64. The molecule has 0 radical (unpaired) electrons. The highest BCUT2D eigenvalue weighted by Gasteiger charge is 2.28. The average molecular weight is 294 g/mol. The molecule has 19 heavy (non-hydrogen) atoms. The smallest absolute Gasteiger partial charge is 0.289 e. The van der Waals surface area contributed by atoms with E-state index in [1.54, 1.807) is 0 Å². The molecule has 1 amide bonds. The molecular weight excluding hydrogens is 262 g/mol. The summed E-state index contributed by atoms with van der Waals surface area (Å²) in [6.07, 6.45) is 7.11. The molecular formula is C14H32ClN3O. The molecule has 0 unspecified atom stereocenters. The van der Waals surface area contributed by atoms with Crippen LogP contribution in [-0.4, -0.2) is 36.6 Å². The number of nitrogens with one attached hydrogen (secondary N) is 1. The van der Waals surface area contributed by atoms with Crippen molar-refractivity contribution in [3.63, 3.8) is 0 Å². The predicted octanol–water partition coefficient (Wildman–Crippen LogP) is -0.803. The average Bonchev–Trinajstić information content (AvgIpc) is 2.40. The van der Waals surface area contributed by atoms with Gasteiger partial charge in [-0.15, -0.1) is 0 Å². The van der Waals surface area contributed by atoms with Crippen LogP contribution in [0.25, 0.3) is 0 Å². The van der Waals surface area contributed by atoms with Crippen molar-refractivity contribution in [2.45, 2.75) is 59.3 Å². The molecule has 0 aliphatic carbocycles. The molecule has 0 aromatic heterocycles. The Morgan fingerprint density at radius 1 is 0.947 bits per heavy atom. The Bertz CT molecular complexity index is 203. The lowest BCUT2D eigenvalue weighted by Gasteiger charge is -2.38. The fourth-order valence-electron chi connectivity index (χ4n) is 2.40. The lowest BCUT2D eigenvalue weighted by molar-refractivity contribution is -0.921. The van der Waals surface area contributed by atoms with Gasteiger partial charge in [0.2, 0.25) is 0 Å². The van der Waals surface area contributed by atoms with Crippen LogP contribution >= 0.6 is 0 Å². The molecule has 0 heterocycles. The zero-order valence-corrected chi connectivity index (χ0v) is 13.6. The van der Waals surface area contributed by atoms with Gasteiger partial charge < -0.3 is 16.9 Å². The van der Waals surface area contributed by atoms with Gasteiger partial charge in [-0.1, -0.05) is 40.0 Å². The number of carbonyl (C=O) groups excluding carboxylic acids is 1. The van der Waals surface area contributed by atoms with E-state index in [2.05, 4.69) is 26.2 Å². The molecule has 0 bridgehead atoms. The zero-order chi connectivity index (χ0) is 13.9. The molecule has 0 aliphatic rings. The summed E-state index contributed by atoms with van der Waals surface area (Å²) in [5, 5.41) is 0. The van der Waals surface area contributed by atoms with Crippen molar-refractivity contribution in [3.05, 3.63) is 0 Å². The summed E-state index contributed by atoms with van der Waals surface area (Å²) in [6.45, 7) is 10.5. The largest absolute Gasteiger partial charge is 1.00 e. The Labute approximate surface area is 125 Å². The van der Waals surface area contributed by atoms with Crippen LogP contribution in [-0.2, 0) is 4.79 Å². The van der Waals surface area contributed by atoms with Crippen molar-refractivity contribution in [2.75, 3.05) is 26.2 Å². The highest BCUT2D eigenvalue weighted by molar-refractivity contribution is 5.76. The second kappa shape index (κ2) is 12.7. The van der Waals surface area contributed by atoms with Crippen molar-refractivity contribution in [1.82, 2.24) is 5.43 Å². The normalized spacial score (nSPS) is 10.9. The van der Waals surface area contributed by atoms with E-state index in [1.165, 1.54) is 38.5 Å². The first-order valence-electron chi connectivity index (χ1n) is 7.48. The summed E-state index contributed by atoms with van der Waals surface area (Å²) in [5.74, 6) is 5.23. The maximum atomic E-state index is 11.7. The van der Waals surface area contributed by atoms with Crippen LogP contribution in [0.15, 0.2) is 0 Å². The number of hydrogen-bond acceptors (Lipinski definition) is 2. The number of carbonyl (C=O) groups is 1. The second-order valence-corrected chi connectivity index (χ2v) is 5.30. The van der Waals surface area contributed by atoms with Crippen LogP contribution in [0.3, 0.4) is 0 Å². The molecule has 116 valence electrons. The minimum atomic E-state index is -0.0293. The molecule has 0 spiro atoms. The summed E-state index contributed by atoms with van der Waals surface area (Å²) < 4.78 is 0.915. The van der Waals surface area contributed by atoms with Gasteiger partial charge in [0.15, 0.2) is 6.54 Å². The van der Waals surface area contributed by atoms with E-state index in [4.69, 9.17) is 5.84 Å². The van der Waals surface area contributed by atoms with Gasteiger partial charge in [0.05, 0.1) is 19.6 Å². The molecule has 0 aliphatic heterocycles. The number of nitrogens with two attached hydrogens (primary N) is 1. The van der Waals surface area contributed by atoms with Crippen molar-refractivity contribution in [1.29, 1.82) is 0 Å². The van der Waals surface area contributed by atoms with Crippen LogP contribution in [0.4, 0.5) is 0 Å². The van der Waals surface area contributed by atoms with Gasteiger partial charge in [-0.25, -0.2) is 5.84 Å². The number of hydrazine groups is 1. The van der Waals surface area contributed by atoms with Crippen molar-refractivity contribution >= 4 is 5.91 Å². The number of halogens is 1. The standard InChI is InChI=1S/C14H31N3O.ClH/c1-4-7-10-17(11-8-5-2,12-9-6-3)13-14(18)16-15;/h4-13,15H2,1-3H3;1H. The zero-order valence-electron chi connectivity index (χ0n) is 12.9.